The van der Waals surface area contributed by atoms with Crippen LogP contribution in [0.4, 0.5) is 0 Å². The SMILES string of the molecule is CC.CC(C)C1=C2C(C(C)CNCc3ccc(O)cc3)(CC[C@]3(S)C2(C)CC[C@@H]2C4(C)CCC(OC(=O)CC(C)(C)C=O)C(C)(C)[C@]4(C)CCC23C)CC1=O.CC(CC(=O)O)C(=O)O.CO. The van der Waals surface area contributed by atoms with E-state index in [1.807, 2.05) is 26.0 Å². The second-order valence-electron chi connectivity index (χ2n) is 22.7. The number of thiol groups is 1. The topological polar surface area (TPSA) is 188 Å². The first-order valence-electron chi connectivity index (χ1n) is 24.6. The lowest BCUT2D eigenvalue weighted by Crippen LogP contribution is -2.73. The molecule has 1 aromatic carbocycles. The predicted octanol–water partition coefficient (Wildman–Crippen LogP) is 10.9. The highest BCUT2D eigenvalue weighted by Gasteiger charge is 2.76. The zero-order valence-electron chi connectivity index (χ0n) is 43.2. The van der Waals surface area contributed by atoms with Crippen LogP contribution in [0.2, 0.25) is 0 Å². The Kier molecular flexibility index (Phi) is 18.3. The van der Waals surface area contributed by atoms with Gasteiger partial charge in [0.25, 0.3) is 0 Å². The largest absolute Gasteiger partial charge is 0.508 e. The molecule has 4 saturated carbocycles. The monoisotopic (exact) mass is 942 g/mol. The first kappa shape index (κ1) is 57.1. The summed E-state index contributed by atoms with van der Waals surface area (Å²) in [6.07, 6.45) is 9.06. The number of Topliss-reactive ketones (excluding diaryl/α,β-unsaturated/α-hetero) is 1. The summed E-state index contributed by atoms with van der Waals surface area (Å²) in [5.74, 6) is -1.70. The zero-order chi connectivity index (χ0) is 50.6. The number of hydrogen-bond donors (Lipinski definition) is 6. The number of rotatable bonds is 13. The van der Waals surface area contributed by atoms with E-state index < -0.39 is 23.3 Å². The first-order chi connectivity index (χ1) is 30.5. The van der Waals surface area contributed by atoms with Crippen LogP contribution in [0.3, 0.4) is 0 Å². The Morgan fingerprint density at radius 3 is 1.98 bits per heavy atom. The number of aromatic hydroxyl groups is 1. The summed E-state index contributed by atoms with van der Waals surface area (Å²) < 4.78 is 6.03. The summed E-state index contributed by atoms with van der Waals surface area (Å²) in [4.78, 5) is 58.9. The highest BCUT2D eigenvalue weighted by molar-refractivity contribution is 7.82. The van der Waals surface area contributed by atoms with Crippen LogP contribution in [0.5, 0.6) is 5.75 Å². The van der Waals surface area contributed by atoms with Crippen molar-refractivity contribution in [3.05, 3.63) is 41.0 Å². The lowest BCUT2D eigenvalue weighted by molar-refractivity contribution is -0.256. The summed E-state index contributed by atoms with van der Waals surface area (Å²) in [6.45, 7) is 32.1. The third-order valence-corrected chi connectivity index (χ3v) is 19.5. The summed E-state index contributed by atoms with van der Waals surface area (Å²) in [7, 11) is 1.00. The molecule has 0 saturated heterocycles. The second-order valence-corrected chi connectivity index (χ2v) is 23.5. The van der Waals surface area contributed by atoms with Gasteiger partial charge >= 0.3 is 17.9 Å². The molecule has 0 amide bonds. The molecule has 0 radical (unpaired) electrons. The van der Waals surface area contributed by atoms with Gasteiger partial charge in [-0.3, -0.25) is 19.2 Å². The van der Waals surface area contributed by atoms with E-state index in [1.165, 1.54) is 12.5 Å². The maximum Gasteiger partial charge on any atom is 0.307 e. The highest BCUT2D eigenvalue weighted by atomic mass is 32.1. The summed E-state index contributed by atoms with van der Waals surface area (Å²) in [6, 6.07) is 7.41. The third-order valence-electron chi connectivity index (χ3n) is 18.2. The molecule has 4 fully saturated rings. The van der Waals surface area contributed by atoms with Gasteiger partial charge in [-0.15, -0.1) is 0 Å². The van der Waals surface area contributed by atoms with Crippen LogP contribution in [0.25, 0.3) is 0 Å². The smallest absolute Gasteiger partial charge is 0.307 e. The van der Waals surface area contributed by atoms with E-state index in [-0.39, 0.29) is 79.7 Å². The minimum Gasteiger partial charge on any atom is -0.508 e. The number of fused-ring (bicyclic) bond motifs is 7. The maximum atomic E-state index is 14.3. The fraction of sp³-hybridized carbons (Fsp3) is 0.759. The van der Waals surface area contributed by atoms with Crippen LogP contribution in [-0.4, -0.2) is 74.9 Å². The van der Waals surface area contributed by atoms with Gasteiger partial charge in [-0.05, 0) is 121 Å². The van der Waals surface area contributed by atoms with Crippen molar-refractivity contribution in [2.45, 2.75) is 185 Å². The lowest BCUT2D eigenvalue weighted by Gasteiger charge is -2.77. The Bertz CT molecular complexity index is 1940. The Morgan fingerprint density at radius 1 is 0.879 bits per heavy atom. The number of aliphatic carboxylic acids is 2. The molecule has 5 aliphatic carbocycles. The quantitative estimate of drug-likeness (QED) is 0.0628. The van der Waals surface area contributed by atoms with Gasteiger partial charge < -0.3 is 35.3 Å². The predicted molar refractivity (Wildman–Crippen MR) is 264 cm³/mol. The summed E-state index contributed by atoms with van der Waals surface area (Å²) >= 11 is 6.02. The molecule has 0 aromatic heterocycles. The van der Waals surface area contributed by atoms with E-state index in [4.69, 9.17) is 32.7 Å². The van der Waals surface area contributed by atoms with E-state index in [2.05, 4.69) is 67.6 Å². The van der Waals surface area contributed by atoms with Crippen LogP contribution in [-0.2, 0) is 35.3 Å². The van der Waals surface area contributed by atoms with Gasteiger partial charge in [0.05, 0.1) is 18.8 Å². The number of benzene rings is 1. The number of carbonyl (C=O) groups is 5. The van der Waals surface area contributed by atoms with Crippen molar-refractivity contribution in [3.8, 4) is 5.75 Å². The number of aliphatic hydroxyl groups is 1. The van der Waals surface area contributed by atoms with Crippen molar-refractivity contribution < 1.29 is 49.1 Å². The molecule has 10 atom stereocenters. The van der Waals surface area contributed by atoms with Gasteiger partial charge in [0.1, 0.15) is 18.1 Å². The molecule has 0 aliphatic heterocycles. The number of carboxylic acid groups (broad SMARTS) is 2. The molecule has 12 heteroatoms. The van der Waals surface area contributed by atoms with Gasteiger partial charge in [-0.1, -0.05) is 109 Å². The molecular formula is C54H87NO10S. The van der Waals surface area contributed by atoms with E-state index in [1.54, 1.807) is 26.0 Å². The average molecular weight is 942 g/mol. The number of ketones is 1. The van der Waals surface area contributed by atoms with E-state index in [0.717, 1.165) is 89.0 Å². The number of carboxylic acids is 2. The maximum absolute atomic E-state index is 14.3. The van der Waals surface area contributed by atoms with Gasteiger partial charge in [-0.25, -0.2) is 0 Å². The van der Waals surface area contributed by atoms with Crippen molar-refractivity contribution in [2.75, 3.05) is 13.7 Å². The number of allylic oxidation sites excluding steroid dienone is 2. The molecule has 7 unspecified atom stereocenters. The van der Waals surface area contributed by atoms with Gasteiger partial charge in [0.2, 0.25) is 0 Å². The van der Waals surface area contributed by atoms with Crippen molar-refractivity contribution in [1.82, 2.24) is 5.32 Å². The minimum atomic E-state index is -1.08. The van der Waals surface area contributed by atoms with E-state index in [9.17, 15) is 29.1 Å². The molecule has 0 spiro atoms. The number of nitrogens with one attached hydrogen (secondary N) is 1. The van der Waals surface area contributed by atoms with Gasteiger partial charge in [0, 0.05) is 46.5 Å². The fourth-order valence-electron chi connectivity index (χ4n) is 14.0. The lowest BCUT2D eigenvalue weighted by atomic mass is 9.30. The Balaban J connectivity index is 0.000000788. The second kappa shape index (κ2) is 21.2. The number of phenols is 1. The third kappa shape index (κ3) is 9.95. The van der Waals surface area contributed by atoms with Crippen LogP contribution in [0.1, 0.15) is 173 Å². The standard InChI is InChI=1S/C46H69NO5S.C5H8O4.C2H6.CH4O/c1-29(2)37-33(50)24-45(30(3)26-47-27-31-12-14-32(49)15-13-31)22-23-46(53)42(9)20-21-44(11)40(6,7)35(52-36(51)25-39(4,5)28-48)17-19-41(44,8)34(42)16-18-43(46,10)38(37)45;1-3(5(8)9)2-4(6)7;2*1-2/h12-15,28-30,34-35,47,49,53H,16-27H2,1-11H3;3H,2H2,1H3,(H,6,7)(H,8,9);1-2H3;2H,1H3/t30?,34-,35?,41?,42?,43?,44+,45?,46-;;;/m1.../s1. The van der Waals surface area contributed by atoms with Gasteiger partial charge in [0.15, 0.2) is 5.78 Å². The number of carbonyl (C=O) groups excluding carboxylic acids is 3. The Morgan fingerprint density at radius 2 is 1.47 bits per heavy atom. The van der Waals surface area contributed by atoms with Crippen LogP contribution in [0, 0.1) is 61.6 Å². The average Bonchev–Trinajstić information content (AvgIpc) is 3.58. The fourth-order valence-corrected chi connectivity index (χ4v) is 14.6. The molecule has 374 valence electrons. The van der Waals surface area contributed by atoms with E-state index in [0.29, 0.717) is 18.1 Å². The van der Waals surface area contributed by atoms with Crippen molar-refractivity contribution in [3.63, 3.8) is 0 Å². The minimum absolute atomic E-state index is 0.0201. The van der Waals surface area contributed by atoms with Gasteiger partial charge in [-0.2, -0.15) is 12.6 Å². The Labute approximate surface area is 402 Å². The normalized spacial score (nSPS) is 33.9. The first-order valence-corrected chi connectivity index (χ1v) is 25.0. The molecule has 5 N–H and O–H groups in total. The summed E-state index contributed by atoms with van der Waals surface area (Å²) in [5.41, 5.74) is 2.21. The number of hydrogen-bond acceptors (Lipinski definition) is 10. The van der Waals surface area contributed by atoms with Crippen molar-refractivity contribution >= 4 is 42.6 Å². The Hall–Kier alpha value is -3.22. The molecule has 1 aromatic rings. The summed E-state index contributed by atoms with van der Waals surface area (Å²) in [5, 5.41) is 36.7. The number of phenolic OH excluding ortho intramolecular Hbond substituents is 1. The van der Waals surface area contributed by atoms with Crippen molar-refractivity contribution in [2.24, 2.45) is 61.6 Å². The molecule has 66 heavy (non-hydrogen) atoms. The number of aliphatic hydroxyl groups excluding tert-OH is 1. The number of esters is 1. The van der Waals surface area contributed by atoms with Crippen molar-refractivity contribution in [1.29, 1.82) is 0 Å². The van der Waals surface area contributed by atoms with Crippen LogP contribution < -0.4 is 5.32 Å². The molecule has 0 bridgehead atoms. The number of ether oxygens (including phenoxy) is 1. The zero-order valence-corrected chi connectivity index (χ0v) is 44.0. The van der Waals surface area contributed by atoms with Crippen LogP contribution >= 0.6 is 12.6 Å². The molecule has 0 heterocycles. The van der Waals surface area contributed by atoms with E-state index >= 15 is 0 Å². The number of aldehydes is 1. The molecule has 11 nitrogen and oxygen atoms in total. The molecule has 5 aliphatic rings. The van der Waals surface area contributed by atoms with Crippen LogP contribution in [0.15, 0.2) is 35.4 Å². The highest BCUT2D eigenvalue weighted by Crippen LogP contribution is 2.81. The molecular weight excluding hydrogens is 855 g/mol. The molecule has 6 rings (SSSR count).